The zero-order chi connectivity index (χ0) is 15.2. The molecule has 3 aromatic rings. The second-order valence-electron chi connectivity index (χ2n) is 6.54. The fraction of sp³-hybridized carbons (Fsp3) is 0.250. The van der Waals surface area contributed by atoms with Crippen molar-refractivity contribution in [1.29, 1.82) is 0 Å². The molecule has 0 amide bonds. The summed E-state index contributed by atoms with van der Waals surface area (Å²) >= 11 is 0. The lowest BCUT2D eigenvalue weighted by molar-refractivity contribution is 0.683. The standard InChI is InChI=1S/C20H19N3/c1-2-18-13-22-19-11-15(5-6-20(19)23(18)9-1)14-3-4-17-12-21-8-7-16(17)10-14/h3-8,10-12,18,22H,1-2,9,13H2. The van der Waals surface area contributed by atoms with Gasteiger partial charge in [0.25, 0.3) is 0 Å². The third-order valence-electron chi connectivity index (χ3n) is 5.19. The van der Waals surface area contributed by atoms with E-state index in [1.165, 1.54) is 52.7 Å². The van der Waals surface area contributed by atoms with E-state index in [1.54, 1.807) is 0 Å². The Hall–Kier alpha value is -2.55. The van der Waals surface area contributed by atoms with Gasteiger partial charge in [-0.1, -0.05) is 18.2 Å². The van der Waals surface area contributed by atoms with Crippen molar-refractivity contribution >= 4 is 22.1 Å². The Bertz CT molecular complexity index is 887. The van der Waals surface area contributed by atoms with Gasteiger partial charge < -0.3 is 10.2 Å². The molecule has 2 aromatic carbocycles. The smallest absolute Gasteiger partial charge is 0.0605 e. The third kappa shape index (κ3) is 2.07. The molecule has 0 aliphatic carbocycles. The highest BCUT2D eigenvalue weighted by molar-refractivity contribution is 5.88. The molecule has 0 saturated carbocycles. The van der Waals surface area contributed by atoms with Crippen LogP contribution >= 0.6 is 0 Å². The highest BCUT2D eigenvalue weighted by Crippen LogP contribution is 2.38. The summed E-state index contributed by atoms with van der Waals surface area (Å²) in [6.45, 7) is 2.27. The van der Waals surface area contributed by atoms with E-state index >= 15 is 0 Å². The summed E-state index contributed by atoms with van der Waals surface area (Å²) in [5.74, 6) is 0. The minimum atomic E-state index is 0.682. The zero-order valence-corrected chi connectivity index (χ0v) is 13.0. The van der Waals surface area contributed by atoms with Crippen LogP contribution in [-0.4, -0.2) is 24.1 Å². The number of fused-ring (bicyclic) bond motifs is 4. The molecule has 2 aliphatic heterocycles. The van der Waals surface area contributed by atoms with Crippen LogP contribution in [0.25, 0.3) is 21.9 Å². The molecule has 0 radical (unpaired) electrons. The Morgan fingerprint density at radius 1 is 1.00 bits per heavy atom. The normalized spacial score (nSPS) is 19.3. The van der Waals surface area contributed by atoms with Crippen molar-refractivity contribution in [1.82, 2.24) is 4.98 Å². The Balaban J connectivity index is 1.58. The van der Waals surface area contributed by atoms with Gasteiger partial charge in [0.15, 0.2) is 0 Å². The van der Waals surface area contributed by atoms with Gasteiger partial charge in [-0.25, -0.2) is 0 Å². The molecule has 0 spiro atoms. The number of nitrogens with zero attached hydrogens (tertiary/aromatic N) is 2. The van der Waals surface area contributed by atoms with E-state index in [0.717, 1.165) is 6.54 Å². The molecule has 1 aromatic heterocycles. The van der Waals surface area contributed by atoms with Crippen molar-refractivity contribution < 1.29 is 0 Å². The number of aromatic nitrogens is 1. The number of hydrogen-bond acceptors (Lipinski definition) is 3. The van der Waals surface area contributed by atoms with E-state index in [0.29, 0.717) is 6.04 Å². The highest BCUT2D eigenvalue weighted by atomic mass is 15.2. The quantitative estimate of drug-likeness (QED) is 0.726. The maximum Gasteiger partial charge on any atom is 0.0605 e. The number of pyridine rings is 1. The van der Waals surface area contributed by atoms with Crippen LogP contribution in [0.15, 0.2) is 54.9 Å². The van der Waals surface area contributed by atoms with Crippen LogP contribution in [0.5, 0.6) is 0 Å². The van der Waals surface area contributed by atoms with Crippen LogP contribution in [0.4, 0.5) is 11.4 Å². The van der Waals surface area contributed by atoms with Crippen LogP contribution in [0.2, 0.25) is 0 Å². The van der Waals surface area contributed by atoms with Crippen LogP contribution in [-0.2, 0) is 0 Å². The zero-order valence-electron chi connectivity index (χ0n) is 13.0. The molecule has 1 atom stereocenters. The van der Waals surface area contributed by atoms with Crippen molar-refractivity contribution in [3.63, 3.8) is 0 Å². The lowest BCUT2D eigenvalue weighted by atomic mass is 10.00. The number of benzene rings is 2. The lowest BCUT2D eigenvalue weighted by Gasteiger charge is -2.34. The molecule has 114 valence electrons. The van der Waals surface area contributed by atoms with E-state index in [1.807, 2.05) is 12.4 Å². The average Bonchev–Trinajstić information content (AvgIpc) is 3.10. The molecule has 3 heterocycles. The monoisotopic (exact) mass is 301 g/mol. The third-order valence-corrected chi connectivity index (χ3v) is 5.19. The fourth-order valence-corrected chi connectivity index (χ4v) is 3.96. The predicted octanol–water partition coefficient (Wildman–Crippen LogP) is 4.30. The first-order chi connectivity index (χ1) is 11.4. The highest BCUT2D eigenvalue weighted by Gasteiger charge is 2.29. The molecule has 0 bridgehead atoms. The molecule has 23 heavy (non-hydrogen) atoms. The summed E-state index contributed by atoms with van der Waals surface area (Å²) in [7, 11) is 0. The summed E-state index contributed by atoms with van der Waals surface area (Å²) in [5, 5.41) is 6.06. The van der Waals surface area contributed by atoms with E-state index in [9.17, 15) is 0 Å². The summed E-state index contributed by atoms with van der Waals surface area (Å²) in [4.78, 5) is 6.76. The van der Waals surface area contributed by atoms with Gasteiger partial charge in [-0.2, -0.15) is 0 Å². The van der Waals surface area contributed by atoms with Gasteiger partial charge in [0, 0.05) is 36.9 Å². The van der Waals surface area contributed by atoms with Gasteiger partial charge >= 0.3 is 0 Å². The van der Waals surface area contributed by atoms with Crippen LogP contribution < -0.4 is 10.2 Å². The predicted molar refractivity (Wildman–Crippen MR) is 96.0 cm³/mol. The molecule has 3 nitrogen and oxygen atoms in total. The first-order valence-electron chi connectivity index (χ1n) is 8.37. The van der Waals surface area contributed by atoms with Crippen LogP contribution in [0.3, 0.4) is 0 Å². The topological polar surface area (TPSA) is 28.2 Å². The largest absolute Gasteiger partial charge is 0.381 e. The Morgan fingerprint density at radius 2 is 1.91 bits per heavy atom. The molecular weight excluding hydrogens is 282 g/mol. The first-order valence-corrected chi connectivity index (χ1v) is 8.37. The maximum absolute atomic E-state index is 4.19. The van der Waals surface area contributed by atoms with Gasteiger partial charge in [-0.05, 0) is 53.6 Å². The van der Waals surface area contributed by atoms with Gasteiger partial charge in [-0.3, -0.25) is 4.98 Å². The molecule has 1 unspecified atom stereocenters. The molecule has 2 aliphatic rings. The molecular formula is C20H19N3. The number of nitrogens with one attached hydrogen (secondary N) is 1. The van der Waals surface area contributed by atoms with Crippen LogP contribution in [0, 0.1) is 0 Å². The van der Waals surface area contributed by atoms with E-state index < -0.39 is 0 Å². The summed E-state index contributed by atoms with van der Waals surface area (Å²) < 4.78 is 0. The van der Waals surface area contributed by atoms with Gasteiger partial charge in [0.1, 0.15) is 0 Å². The molecule has 3 heteroatoms. The van der Waals surface area contributed by atoms with Crippen molar-refractivity contribution in [2.24, 2.45) is 0 Å². The molecule has 5 rings (SSSR count). The Labute approximate surface area is 136 Å². The van der Waals surface area contributed by atoms with Gasteiger partial charge in [0.2, 0.25) is 0 Å². The van der Waals surface area contributed by atoms with E-state index in [2.05, 4.69) is 57.7 Å². The van der Waals surface area contributed by atoms with Gasteiger partial charge in [0.05, 0.1) is 11.4 Å². The van der Waals surface area contributed by atoms with E-state index in [4.69, 9.17) is 0 Å². The second kappa shape index (κ2) is 4.98. The average molecular weight is 301 g/mol. The Kier molecular flexibility index (Phi) is 2.80. The molecule has 1 fully saturated rings. The van der Waals surface area contributed by atoms with Crippen molar-refractivity contribution in [2.75, 3.05) is 23.3 Å². The number of hydrogen-bond donors (Lipinski definition) is 1. The summed E-state index contributed by atoms with van der Waals surface area (Å²) in [6, 6.07) is 16.2. The van der Waals surface area contributed by atoms with Crippen molar-refractivity contribution in [2.45, 2.75) is 18.9 Å². The van der Waals surface area contributed by atoms with E-state index in [-0.39, 0.29) is 0 Å². The fourth-order valence-electron chi connectivity index (χ4n) is 3.96. The maximum atomic E-state index is 4.19. The van der Waals surface area contributed by atoms with Gasteiger partial charge in [-0.15, -0.1) is 0 Å². The molecule has 1 saturated heterocycles. The lowest BCUT2D eigenvalue weighted by Crippen LogP contribution is -2.39. The minimum Gasteiger partial charge on any atom is -0.381 e. The first kappa shape index (κ1) is 12.9. The molecule has 1 N–H and O–H groups in total. The minimum absolute atomic E-state index is 0.682. The number of rotatable bonds is 1. The SMILES string of the molecule is c1cc2cc(-c3ccc4c(c3)NCC3CCCN43)ccc2cn1. The van der Waals surface area contributed by atoms with Crippen molar-refractivity contribution in [3.05, 3.63) is 54.9 Å². The van der Waals surface area contributed by atoms with Crippen LogP contribution in [0.1, 0.15) is 12.8 Å². The second-order valence-corrected chi connectivity index (χ2v) is 6.54. The summed E-state index contributed by atoms with van der Waals surface area (Å²) in [6.07, 6.45) is 6.40. The Morgan fingerprint density at radius 3 is 2.91 bits per heavy atom. The number of anilines is 2. The summed E-state index contributed by atoms with van der Waals surface area (Å²) in [5.41, 5.74) is 5.17. The van der Waals surface area contributed by atoms with Crippen molar-refractivity contribution in [3.8, 4) is 11.1 Å².